The van der Waals surface area contributed by atoms with Crippen LogP contribution in [-0.4, -0.2) is 13.6 Å². The van der Waals surface area contributed by atoms with Crippen LogP contribution in [0, 0.1) is 0 Å². The maximum Gasteiger partial charge on any atom is 0.437 e. The number of halogens is 4. The molecule has 120 valence electrons. The van der Waals surface area contributed by atoms with Gasteiger partial charge in [-0.25, -0.2) is 13.6 Å². The molecule has 0 aliphatic rings. The quantitative estimate of drug-likeness (QED) is 0.908. The Labute approximate surface area is 127 Å². The molecule has 0 saturated carbocycles. The van der Waals surface area contributed by atoms with Gasteiger partial charge in [0.25, 0.3) is 0 Å². The summed E-state index contributed by atoms with van der Waals surface area (Å²) < 4.78 is 69.4. The zero-order valence-corrected chi connectivity index (χ0v) is 12.2. The lowest BCUT2D eigenvalue weighted by molar-refractivity contribution is -0.143. The summed E-state index contributed by atoms with van der Waals surface area (Å²) in [6, 6.07) is 3.34. The number of sulfonamides is 1. The minimum atomic E-state index is -4.67. The summed E-state index contributed by atoms with van der Waals surface area (Å²) >= 11 is 5.80. The van der Waals surface area contributed by atoms with Crippen molar-refractivity contribution < 1.29 is 30.8 Å². The fraction of sp³-hybridized carbons (Fsp3) is 0.182. The molecule has 6 nitrogen and oxygen atoms in total. The zero-order chi connectivity index (χ0) is 16.5. The predicted molar refractivity (Wildman–Crippen MR) is 68.7 cm³/mol. The van der Waals surface area contributed by atoms with Crippen molar-refractivity contribution in [1.82, 2.24) is 5.16 Å². The van der Waals surface area contributed by atoms with Crippen LogP contribution in [0.5, 0.6) is 5.75 Å². The van der Waals surface area contributed by atoms with E-state index in [4.69, 9.17) is 21.5 Å². The van der Waals surface area contributed by atoms with E-state index in [2.05, 4.69) is 9.68 Å². The van der Waals surface area contributed by atoms with Gasteiger partial charge in [0.1, 0.15) is 18.6 Å². The Bertz CT molecular complexity index is 789. The van der Waals surface area contributed by atoms with Gasteiger partial charge in [-0.2, -0.15) is 13.2 Å². The average Bonchev–Trinajstić information content (AvgIpc) is 2.84. The van der Waals surface area contributed by atoms with Gasteiger partial charge in [-0.15, -0.1) is 0 Å². The molecule has 0 unspecified atom stereocenters. The Morgan fingerprint density at radius 1 is 1.36 bits per heavy atom. The number of ether oxygens (including phenoxy) is 1. The minimum absolute atomic E-state index is 0.0107. The minimum Gasteiger partial charge on any atom is -0.487 e. The monoisotopic (exact) mass is 356 g/mol. The SMILES string of the molecule is NS(=O)(=O)c1ccc(OCc2conc2C(F)(F)F)c(Cl)c1. The molecule has 0 radical (unpaired) electrons. The Morgan fingerprint density at radius 3 is 2.59 bits per heavy atom. The summed E-state index contributed by atoms with van der Waals surface area (Å²) in [5, 5.41) is 7.67. The summed E-state index contributed by atoms with van der Waals surface area (Å²) in [6.07, 6.45) is -3.87. The smallest absolute Gasteiger partial charge is 0.437 e. The molecule has 0 fully saturated rings. The van der Waals surface area contributed by atoms with Gasteiger partial charge in [0, 0.05) is 0 Å². The van der Waals surface area contributed by atoms with Gasteiger partial charge >= 0.3 is 6.18 Å². The molecule has 1 aromatic carbocycles. The highest BCUT2D eigenvalue weighted by atomic mass is 35.5. The molecular formula is C11H8ClF3N2O4S. The summed E-state index contributed by atoms with van der Waals surface area (Å²) in [4.78, 5) is -0.245. The molecule has 22 heavy (non-hydrogen) atoms. The predicted octanol–water partition coefficient (Wildman–Crippen LogP) is 2.57. The first-order valence-corrected chi connectivity index (χ1v) is 7.47. The lowest BCUT2D eigenvalue weighted by Gasteiger charge is -2.09. The fourth-order valence-electron chi connectivity index (χ4n) is 1.52. The van der Waals surface area contributed by atoms with Gasteiger partial charge in [-0.3, -0.25) is 0 Å². The lowest BCUT2D eigenvalue weighted by Crippen LogP contribution is -2.12. The van der Waals surface area contributed by atoms with Crippen molar-refractivity contribution in [2.24, 2.45) is 5.14 Å². The number of aromatic nitrogens is 1. The molecule has 1 aromatic heterocycles. The molecule has 0 aliphatic carbocycles. The van der Waals surface area contributed by atoms with Crippen LogP contribution in [0.2, 0.25) is 5.02 Å². The van der Waals surface area contributed by atoms with E-state index in [0.717, 1.165) is 18.4 Å². The molecule has 2 rings (SSSR count). The third-order valence-corrected chi connectivity index (χ3v) is 3.73. The Kier molecular flexibility index (Phi) is 4.36. The normalized spacial score (nSPS) is 12.4. The van der Waals surface area contributed by atoms with E-state index >= 15 is 0 Å². The number of benzene rings is 1. The van der Waals surface area contributed by atoms with Crippen molar-refractivity contribution in [3.63, 3.8) is 0 Å². The molecule has 0 atom stereocenters. The average molecular weight is 357 g/mol. The van der Waals surface area contributed by atoms with Crippen LogP contribution in [0.25, 0.3) is 0 Å². The summed E-state index contributed by atoms with van der Waals surface area (Å²) in [5.74, 6) is -0.0107. The van der Waals surface area contributed by atoms with Crippen molar-refractivity contribution in [2.45, 2.75) is 17.7 Å². The standard InChI is InChI=1S/C11H8ClF3N2O4S/c12-8-3-7(22(16,18)19)1-2-9(8)20-4-6-5-21-17-10(6)11(13,14)15/h1-3,5H,4H2,(H2,16,18,19). The first-order chi connectivity index (χ1) is 10.1. The van der Waals surface area contributed by atoms with Gasteiger partial charge in [-0.05, 0) is 18.2 Å². The number of hydrogen-bond donors (Lipinski definition) is 1. The van der Waals surface area contributed by atoms with E-state index in [-0.39, 0.29) is 21.2 Å². The van der Waals surface area contributed by atoms with Gasteiger partial charge in [-0.1, -0.05) is 16.8 Å². The number of nitrogens with two attached hydrogens (primary N) is 1. The first kappa shape index (κ1) is 16.6. The number of nitrogens with zero attached hydrogens (tertiary/aromatic N) is 1. The zero-order valence-electron chi connectivity index (χ0n) is 10.6. The summed E-state index contributed by atoms with van der Waals surface area (Å²) in [5.41, 5.74) is -1.52. The number of rotatable bonds is 4. The third kappa shape index (κ3) is 3.70. The van der Waals surface area contributed by atoms with Crippen molar-refractivity contribution in [3.05, 3.63) is 40.7 Å². The van der Waals surface area contributed by atoms with Crippen molar-refractivity contribution in [1.29, 1.82) is 0 Å². The maximum atomic E-state index is 12.6. The second kappa shape index (κ2) is 5.78. The molecule has 2 N–H and O–H groups in total. The second-order valence-corrected chi connectivity index (χ2v) is 6.08. The molecular weight excluding hydrogens is 349 g/mol. The van der Waals surface area contributed by atoms with Crippen LogP contribution in [0.1, 0.15) is 11.3 Å². The third-order valence-electron chi connectivity index (χ3n) is 2.53. The summed E-state index contributed by atoms with van der Waals surface area (Å²) in [7, 11) is -3.94. The summed E-state index contributed by atoms with van der Waals surface area (Å²) in [6.45, 7) is -0.507. The highest BCUT2D eigenvalue weighted by Gasteiger charge is 2.37. The fourth-order valence-corrected chi connectivity index (χ4v) is 2.36. The van der Waals surface area contributed by atoms with Crippen LogP contribution < -0.4 is 9.88 Å². The molecule has 2 aromatic rings. The van der Waals surface area contributed by atoms with Crippen LogP contribution in [-0.2, 0) is 22.8 Å². The number of primary sulfonamides is 1. The Morgan fingerprint density at radius 2 is 2.05 bits per heavy atom. The lowest BCUT2D eigenvalue weighted by atomic mass is 10.2. The van der Waals surface area contributed by atoms with E-state index in [1.54, 1.807) is 0 Å². The molecule has 1 heterocycles. The van der Waals surface area contributed by atoms with Crippen LogP contribution in [0.15, 0.2) is 33.9 Å². The Balaban J connectivity index is 2.18. The van der Waals surface area contributed by atoms with Crippen molar-refractivity contribution in [2.75, 3.05) is 0 Å². The van der Waals surface area contributed by atoms with Gasteiger partial charge in [0.2, 0.25) is 10.0 Å². The highest BCUT2D eigenvalue weighted by Crippen LogP contribution is 2.32. The van der Waals surface area contributed by atoms with Gasteiger partial charge < -0.3 is 9.26 Å². The van der Waals surface area contributed by atoms with E-state index in [1.807, 2.05) is 0 Å². The second-order valence-electron chi connectivity index (χ2n) is 4.11. The maximum absolute atomic E-state index is 12.6. The molecule has 0 saturated heterocycles. The number of hydrogen-bond acceptors (Lipinski definition) is 5. The number of alkyl halides is 3. The molecule has 0 bridgehead atoms. The molecule has 0 aliphatic heterocycles. The van der Waals surface area contributed by atoms with Crippen LogP contribution in [0.4, 0.5) is 13.2 Å². The van der Waals surface area contributed by atoms with E-state index in [0.29, 0.717) is 0 Å². The molecule has 11 heteroatoms. The van der Waals surface area contributed by atoms with Crippen molar-refractivity contribution >= 4 is 21.6 Å². The Hall–Kier alpha value is -1.78. The molecule has 0 spiro atoms. The topological polar surface area (TPSA) is 95.4 Å². The first-order valence-electron chi connectivity index (χ1n) is 5.54. The van der Waals surface area contributed by atoms with Crippen LogP contribution in [0.3, 0.4) is 0 Å². The van der Waals surface area contributed by atoms with E-state index in [1.165, 1.54) is 6.07 Å². The van der Waals surface area contributed by atoms with E-state index < -0.39 is 28.5 Å². The van der Waals surface area contributed by atoms with Crippen LogP contribution >= 0.6 is 11.6 Å². The molecule has 0 amide bonds. The van der Waals surface area contributed by atoms with Gasteiger partial charge in [0.15, 0.2) is 5.69 Å². The largest absolute Gasteiger partial charge is 0.487 e. The van der Waals surface area contributed by atoms with Gasteiger partial charge in [0.05, 0.1) is 15.5 Å². The van der Waals surface area contributed by atoms with Crippen molar-refractivity contribution in [3.8, 4) is 5.75 Å². The highest BCUT2D eigenvalue weighted by molar-refractivity contribution is 7.89. The van der Waals surface area contributed by atoms with E-state index in [9.17, 15) is 21.6 Å².